The molecule has 0 aliphatic rings. The Morgan fingerprint density at radius 2 is 1.92 bits per heavy atom. The molecule has 4 nitrogen and oxygen atoms in total. The second-order valence-electron chi connectivity index (χ2n) is 5.18. The fraction of sp³-hybridized carbons (Fsp3) is 0.294. The number of carbonyl (C=O) groups excluding carboxylic acids is 2. The first kappa shape index (κ1) is 18.8. The number of aryl methyl sites for hydroxylation is 2. The number of hydrogen-bond acceptors (Lipinski definition) is 4. The fourth-order valence-corrected chi connectivity index (χ4v) is 3.57. The summed E-state index contributed by atoms with van der Waals surface area (Å²) >= 11 is 13.4. The normalized spacial score (nSPS) is 11.9. The Bertz CT molecular complexity index is 753. The SMILES string of the molecule is CCc1cc(C(=O)O[C@@H](C)C(=O)Nc2c(Cl)cccc2Cl)sc1C. The molecule has 128 valence electrons. The average molecular weight is 386 g/mol. The standard InChI is InChI=1S/C17H17Cl2NO3S/c1-4-11-8-14(24-10(11)3)17(22)23-9(2)16(21)20-15-12(18)6-5-7-13(15)19/h5-9H,4H2,1-3H3,(H,20,21)/t9-/m0/s1. The molecular formula is C17H17Cl2NO3S. The maximum atomic E-state index is 12.2. The van der Waals surface area contributed by atoms with Gasteiger partial charge in [0.15, 0.2) is 6.10 Å². The van der Waals surface area contributed by atoms with Gasteiger partial charge in [-0.15, -0.1) is 11.3 Å². The zero-order valence-electron chi connectivity index (χ0n) is 13.5. The number of thiophene rings is 1. The second kappa shape index (κ2) is 8.01. The molecule has 0 aliphatic heterocycles. The first-order valence-corrected chi connectivity index (χ1v) is 8.95. The molecule has 0 saturated heterocycles. The van der Waals surface area contributed by atoms with Crippen molar-refractivity contribution in [1.82, 2.24) is 0 Å². The molecule has 1 atom stereocenters. The molecule has 1 aromatic carbocycles. The van der Waals surface area contributed by atoms with Gasteiger partial charge in [-0.25, -0.2) is 4.79 Å². The van der Waals surface area contributed by atoms with E-state index in [2.05, 4.69) is 5.32 Å². The quantitative estimate of drug-likeness (QED) is 0.727. The molecule has 24 heavy (non-hydrogen) atoms. The van der Waals surface area contributed by atoms with Crippen LogP contribution in [0, 0.1) is 6.92 Å². The minimum Gasteiger partial charge on any atom is -0.448 e. The third-order valence-electron chi connectivity index (χ3n) is 3.47. The summed E-state index contributed by atoms with van der Waals surface area (Å²) in [5.74, 6) is -1.02. The van der Waals surface area contributed by atoms with E-state index in [0.717, 1.165) is 16.9 Å². The van der Waals surface area contributed by atoms with Crippen molar-refractivity contribution in [2.75, 3.05) is 5.32 Å². The lowest BCUT2D eigenvalue weighted by Gasteiger charge is -2.14. The lowest BCUT2D eigenvalue weighted by molar-refractivity contribution is -0.123. The van der Waals surface area contributed by atoms with Crippen LogP contribution in [0.2, 0.25) is 10.0 Å². The zero-order valence-corrected chi connectivity index (χ0v) is 15.8. The van der Waals surface area contributed by atoms with E-state index in [4.69, 9.17) is 27.9 Å². The summed E-state index contributed by atoms with van der Waals surface area (Å²) in [6.45, 7) is 5.47. The predicted molar refractivity (Wildman–Crippen MR) is 98.4 cm³/mol. The van der Waals surface area contributed by atoms with Crippen LogP contribution in [-0.2, 0) is 16.0 Å². The summed E-state index contributed by atoms with van der Waals surface area (Å²) in [4.78, 5) is 26.0. The van der Waals surface area contributed by atoms with Gasteiger partial charge in [-0.1, -0.05) is 36.2 Å². The van der Waals surface area contributed by atoms with Gasteiger partial charge in [0.25, 0.3) is 5.91 Å². The minimum absolute atomic E-state index is 0.300. The first-order chi connectivity index (χ1) is 11.3. The molecule has 0 bridgehead atoms. The molecule has 0 spiro atoms. The molecule has 1 heterocycles. The Labute approximate surface area is 154 Å². The Morgan fingerprint density at radius 3 is 2.46 bits per heavy atom. The highest BCUT2D eigenvalue weighted by molar-refractivity contribution is 7.14. The number of anilines is 1. The predicted octanol–water partition coefficient (Wildman–Crippen LogP) is 5.11. The van der Waals surface area contributed by atoms with E-state index in [0.29, 0.717) is 20.6 Å². The molecule has 1 aromatic heterocycles. The topological polar surface area (TPSA) is 55.4 Å². The van der Waals surface area contributed by atoms with Gasteiger partial charge in [0, 0.05) is 4.88 Å². The highest BCUT2D eigenvalue weighted by atomic mass is 35.5. The van der Waals surface area contributed by atoms with E-state index in [1.807, 2.05) is 13.8 Å². The van der Waals surface area contributed by atoms with Crippen molar-refractivity contribution in [1.29, 1.82) is 0 Å². The number of benzene rings is 1. The van der Waals surface area contributed by atoms with Crippen LogP contribution in [0.5, 0.6) is 0 Å². The Morgan fingerprint density at radius 1 is 1.29 bits per heavy atom. The van der Waals surface area contributed by atoms with Gasteiger partial charge >= 0.3 is 5.97 Å². The number of carbonyl (C=O) groups is 2. The summed E-state index contributed by atoms with van der Waals surface area (Å²) in [5.41, 5.74) is 1.40. The fourth-order valence-electron chi connectivity index (χ4n) is 2.09. The number of hydrogen-bond donors (Lipinski definition) is 1. The second-order valence-corrected chi connectivity index (χ2v) is 7.25. The zero-order chi connectivity index (χ0) is 17.9. The van der Waals surface area contributed by atoms with E-state index >= 15 is 0 Å². The van der Waals surface area contributed by atoms with Gasteiger partial charge in [0.05, 0.1) is 15.7 Å². The summed E-state index contributed by atoms with van der Waals surface area (Å²) in [7, 11) is 0. The number of halogens is 2. The van der Waals surface area contributed by atoms with Crippen molar-refractivity contribution in [2.45, 2.75) is 33.3 Å². The summed E-state index contributed by atoms with van der Waals surface area (Å²) in [6, 6.07) is 6.70. The van der Waals surface area contributed by atoms with Gasteiger partial charge in [-0.3, -0.25) is 4.79 Å². The highest BCUT2D eigenvalue weighted by Gasteiger charge is 2.22. The van der Waals surface area contributed by atoms with Gasteiger partial charge in [0.1, 0.15) is 4.88 Å². The van der Waals surface area contributed by atoms with E-state index < -0.39 is 18.0 Å². The largest absolute Gasteiger partial charge is 0.448 e. The van der Waals surface area contributed by atoms with Crippen LogP contribution in [0.15, 0.2) is 24.3 Å². The molecule has 0 unspecified atom stereocenters. The third-order valence-corrected chi connectivity index (χ3v) is 5.17. The van der Waals surface area contributed by atoms with Gasteiger partial charge in [0.2, 0.25) is 0 Å². The van der Waals surface area contributed by atoms with Crippen LogP contribution in [0.4, 0.5) is 5.69 Å². The summed E-state index contributed by atoms with van der Waals surface area (Å²) in [6.07, 6.45) is -0.131. The van der Waals surface area contributed by atoms with Crippen LogP contribution in [0.1, 0.15) is 34.0 Å². The molecule has 0 radical (unpaired) electrons. The van der Waals surface area contributed by atoms with E-state index in [-0.39, 0.29) is 0 Å². The van der Waals surface area contributed by atoms with E-state index in [1.165, 1.54) is 18.3 Å². The van der Waals surface area contributed by atoms with Crippen molar-refractivity contribution in [2.24, 2.45) is 0 Å². The lowest BCUT2D eigenvalue weighted by atomic mass is 10.2. The molecule has 0 aliphatic carbocycles. The van der Waals surface area contributed by atoms with E-state index in [1.54, 1.807) is 24.3 Å². The number of para-hydroxylation sites is 1. The Balaban J connectivity index is 2.04. The van der Waals surface area contributed by atoms with Crippen LogP contribution in [0.3, 0.4) is 0 Å². The smallest absolute Gasteiger partial charge is 0.349 e. The Hall–Kier alpha value is -1.56. The van der Waals surface area contributed by atoms with Crippen LogP contribution >= 0.6 is 34.5 Å². The molecular weight excluding hydrogens is 369 g/mol. The first-order valence-electron chi connectivity index (χ1n) is 7.38. The number of amides is 1. The molecule has 2 rings (SSSR count). The van der Waals surface area contributed by atoms with E-state index in [9.17, 15) is 9.59 Å². The van der Waals surface area contributed by atoms with Crippen molar-refractivity contribution < 1.29 is 14.3 Å². The molecule has 2 aromatic rings. The van der Waals surface area contributed by atoms with Gasteiger partial charge in [-0.05, 0) is 44.0 Å². The number of nitrogens with one attached hydrogen (secondary N) is 1. The number of esters is 1. The molecule has 1 amide bonds. The lowest BCUT2D eigenvalue weighted by Crippen LogP contribution is -2.30. The molecule has 7 heteroatoms. The molecule has 1 N–H and O–H groups in total. The van der Waals surface area contributed by atoms with Crippen molar-refractivity contribution in [3.63, 3.8) is 0 Å². The highest BCUT2D eigenvalue weighted by Crippen LogP contribution is 2.30. The summed E-state index contributed by atoms with van der Waals surface area (Å²) in [5, 5.41) is 3.22. The minimum atomic E-state index is -0.975. The molecule has 0 fully saturated rings. The van der Waals surface area contributed by atoms with Gasteiger partial charge < -0.3 is 10.1 Å². The Kier molecular flexibility index (Phi) is 6.27. The number of ether oxygens (including phenoxy) is 1. The maximum Gasteiger partial charge on any atom is 0.349 e. The summed E-state index contributed by atoms with van der Waals surface area (Å²) < 4.78 is 5.24. The maximum absolute atomic E-state index is 12.2. The van der Waals surface area contributed by atoms with Crippen LogP contribution < -0.4 is 5.32 Å². The van der Waals surface area contributed by atoms with Crippen LogP contribution in [-0.4, -0.2) is 18.0 Å². The monoisotopic (exact) mass is 385 g/mol. The van der Waals surface area contributed by atoms with Crippen molar-refractivity contribution in [3.8, 4) is 0 Å². The van der Waals surface area contributed by atoms with Gasteiger partial charge in [-0.2, -0.15) is 0 Å². The number of rotatable bonds is 5. The van der Waals surface area contributed by atoms with Crippen molar-refractivity contribution in [3.05, 3.63) is 49.6 Å². The third kappa shape index (κ3) is 4.29. The molecule has 0 saturated carbocycles. The van der Waals surface area contributed by atoms with Crippen molar-refractivity contribution >= 4 is 52.1 Å². The average Bonchev–Trinajstić information content (AvgIpc) is 2.92. The van der Waals surface area contributed by atoms with Crippen LogP contribution in [0.25, 0.3) is 0 Å².